The van der Waals surface area contributed by atoms with Gasteiger partial charge in [0.2, 0.25) is 0 Å². The average molecular weight is 320 g/mol. The molecule has 0 aromatic heterocycles. The van der Waals surface area contributed by atoms with Crippen LogP contribution in [0, 0.1) is 28.1 Å². The fraction of sp³-hybridized carbons (Fsp3) is 0.850. The number of carboxylic acid groups (broad SMARTS) is 1. The second-order valence-corrected chi connectivity index (χ2v) is 9.31. The highest BCUT2D eigenvalue weighted by molar-refractivity contribution is 5.76. The standard InChI is InChI=1S/C20H32O3/c1-5-17(2)11-12-18(3)14(13-17)8-10-20(23)15(18)7-6-9-19(20,4)16(21)22/h5,14-15,23H,1,6-13H2,2-4H3,(H,21,22)/t14-,15+,17-,18-,19+,20-/m0/s1. The Hall–Kier alpha value is -0.830. The summed E-state index contributed by atoms with van der Waals surface area (Å²) < 4.78 is 0. The van der Waals surface area contributed by atoms with Crippen molar-refractivity contribution in [1.82, 2.24) is 0 Å². The van der Waals surface area contributed by atoms with Gasteiger partial charge in [-0.15, -0.1) is 6.58 Å². The molecule has 6 atom stereocenters. The van der Waals surface area contributed by atoms with Crippen LogP contribution in [0.1, 0.15) is 72.1 Å². The van der Waals surface area contributed by atoms with Crippen molar-refractivity contribution in [3.8, 4) is 0 Å². The zero-order chi connectivity index (χ0) is 17.1. The number of hydrogen-bond donors (Lipinski definition) is 2. The second-order valence-electron chi connectivity index (χ2n) is 9.31. The third kappa shape index (κ3) is 2.15. The first-order valence-electron chi connectivity index (χ1n) is 9.21. The highest BCUT2D eigenvalue weighted by atomic mass is 16.4. The van der Waals surface area contributed by atoms with Gasteiger partial charge in [0.1, 0.15) is 0 Å². The van der Waals surface area contributed by atoms with E-state index in [0.29, 0.717) is 18.8 Å². The molecule has 0 bridgehead atoms. The van der Waals surface area contributed by atoms with Gasteiger partial charge >= 0.3 is 5.97 Å². The normalized spacial score (nSPS) is 53.0. The van der Waals surface area contributed by atoms with Crippen molar-refractivity contribution in [3.05, 3.63) is 12.7 Å². The molecule has 0 saturated heterocycles. The fourth-order valence-electron chi connectivity index (χ4n) is 6.24. The number of aliphatic carboxylic acids is 1. The monoisotopic (exact) mass is 320 g/mol. The van der Waals surface area contributed by atoms with E-state index in [0.717, 1.165) is 38.5 Å². The number of hydrogen-bond acceptors (Lipinski definition) is 2. The van der Waals surface area contributed by atoms with Gasteiger partial charge in [-0.2, -0.15) is 0 Å². The molecule has 23 heavy (non-hydrogen) atoms. The van der Waals surface area contributed by atoms with Gasteiger partial charge in [0.25, 0.3) is 0 Å². The third-order valence-electron chi connectivity index (χ3n) is 8.22. The van der Waals surface area contributed by atoms with E-state index >= 15 is 0 Å². The lowest BCUT2D eigenvalue weighted by Gasteiger charge is -2.64. The number of carboxylic acids is 1. The molecule has 3 rings (SSSR count). The molecule has 130 valence electrons. The van der Waals surface area contributed by atoms with Crippen LogP contribution in [0.3, 0.4) is 0 Å². The molecule has 3 saturated carbocycles. The van der Waals surface area contributed by atoms with Crippen LogP contribution in [-0.4, -0.2) is 21.8 Å². The topological polar surface area (TPSA) is 57.5 Å². The molecular weight excluding hydrogens is 288 g/mol. The molecule has 0 spiro atoms. The number of fused-ring (bicyclic) bond motifs is 3. The minimum Gasteiger partial charge on any atom is -0.481 e. The number of carbonyl (C=O) groups is 1. The predicted molar refractivity (Wildman–Crippen MR) is 91.0 cm³/mol. The summed E-state index contributed by atoms with van der Waals surface area (Å²) in [7, 11) is 0. The van der Waals surface area contributed by atoms with Crippen molar-refractivity contribution in [2.75, 3.05) is 0 Å². The van der Waals surface area contributed by atoms with Crippen molar-refractivity contribution in [2.45, 2.75) is 77.7 Å². The van der Waals surface area contributed by atoms with Crippen LogP contribution in [0.2, 0.25) is 0 Å². The van der Waals surface area contributed by atoms with Crippen molar-refractivity contribution >= 4 is 5.97 Å². The number of allylic oxidation sites excluding steroid dienone is 1. The van der Waals surface area contributed by atoms with Gasteiger partial charge in [-0.1, -0.05) is 26.3 Å². The maximum Gasteiger partial charge on any atom is 0.312 e. The van der Waals surface area contributed by atoms with Gasteiger partial charge in [0, 0.05) is 0 Å². The van der Waals surface area contributed by atoms with E-state index in [9.17, 15) is 15.0 Å². The summed E-state index contributed by atoms with van der Waals surface area (Å²) in [6.45, 7) is 10.4. The molecular formula is C20H32O3. The molecule has 0 heterocycles. The summed E-state index contributed by atoms with van der Waals surface area (Å²) in [5, 5.41) is 21.4. The Balaban J connectivity index is 1.98. The Kier molecular flexibility index (Phi) is 3.76. The summed E-state index contributed by atoms with van der Waals surface area (Å²) in [6, 6.07) is 0. The minimum absolute atomic E-state index is 0.0622. The molecule has 0 amide bonds. The van der Waals surface area contributed by atoms with E-state index in [1.807, 2.05) is 0 Å². The van der Waals surface area contributed by atoms with E-state index < -0.39 is 17.0 Å². The van der Waals surface area contributed by atoms with Crippen LogP contribution in [0.5, 0.6) is 0 Å². The first-order valence-corrected chi connectivity index (χ1v) is 9.21. The Morgan fingerprint density at radius 3 is 2.43 bits per heavy atom. The van der Waals surface area contributed by atoms with Gasteiger partial charge in [-0.3, -0.25) is 4.79 Å². The van der Waals surface area contributed by atoms with Crippen molar-refractivity contribution in [3.63, 3.8) is 0 Å². The summed E-state index contributed by atoms with van der Waals surface area (Å²) in [5.74, 6) is -0.142. The molecule has 0 unspecified atom stereocenters. The van der Waals surface area contributed by atoms with Gasteiger partial charge in [0.05, 0.1) is 11.0 Å². The minimum atomic E-state index is -1.05. The van der Waals surface area contributed by atoms with Crippen LogP contribution in [0.4, 0.5) is 0 Å². The van der Waals surface area contributed by atoms with Crippen molar-refractivity contribution in [1.29, 1.82) is 0 Å². The molecule has 3 aliphatic rings. The first kappa shape index (κ1) is 17.0. The van der Waals surface area contributed by atoms with Crippen molar-refractivity contribution in [2.24, 2.45) is 28.1 Å². The molecule has 2 N–H and O–H groups in total. The smallest absolute Gasteiger partial charge is 0.312 e. The lowest BCUT2D eigenvalue weighted by molar-refractivity contribution is -0.234. The third-order valence-corrected chi connectivity index (χ3v) is 8.22. The molecule has 3 fully saturated rings. The Morgan fingerprint density at radius 1 is 1.13 bits per heavy atom. The van der Waals surface area contributed by atoms with E-state index in [4.69, 9.17) is 0 Å². The Morgan fingerprint density at radius 2 is 1.83 bits per heavy atom. The average Bonchev–Trinajstić information content (AvgIpc) is 2.50. The molecule has 3 heteroatoms. The molecule has 0 aliphatic heterocycles. The van der Waals surface area contributed by atoms with E-state index in [-0.39, 0.29) is 16.7 Å². The molecule has 0 aromatic carbocycles. The Labute approximate surface area is 140 Å². The molecule has 0 aromatic rings. The Bertz CT molecular complexity index is 529. The highest BCUT2D eigenvalue weighted by Gasteiger charge is 2.66. The number of rotatable bonds is 2. The quantitative estimate of drug-likeness (QED) is 0.741. The lowest BCUT2D eigenvalue weighted by Crippen LogP contribution is -2.66. The summed E-state index contributed by atoms with van der Waals surface area (Å²) in [4.78, 5) is 12.0. The van der Waals surface area contributed by atoms with Crippen molar-refractivity contribution < 1.29 is 15.0 Å². The fourth-order valence-corrected chi connectivity index (χ4v) is 6.24. The SMILES string of the molecule is C=C[C@@]1(C)CC[C@@]2(C)[C@@H](CC[C@]3(O)[C@@H]2CCC[C@]3(C)C(=O)O)C1. The molecule has 3 aliphatic carbocycles. The number of aliphatic hydroxyl groups is 1. The van der Waals surface area contributed by atoms with Crippen LogP contribution < -0.4 is 0 Å². The summed E-state index contributed by atoms with van der Waals surface area (Å²) >= 11 is 0. The van der Waals surface area contributed by atoms with E-state index in [1.165, 1.54) is 0 Å². The van der Waals surface area contributed by atoms with Gasteiger partial charge in [-0.05, 0) is 74.5 Å². The van der Waals surface area contributed by atoms with Crippen LogP contribution in [0.15, 0.2) is 12.7 Å². The maximum absolute atomic E-state index is 12.0. The first-order chi connectivity index (χ1) is 10.6. The van der Waals surface area contributed by atoms with Crippen LogP contribution in [0.25, 0.3) is 0 Å². The van der Waals surface area contributed by atoms with Gasteiger partial charge in [-0.25, -0.2) is 0 Å². The van der Waals surface area contributed by atoms with E-state index in [1.54, 1.807) is 6.92 Å². The second kappa shape index (κ2) is 5.08. The van der Waals surface area contributed by atoms with E-state index in [2.05, 4.69) is 26.5 Å². The maximum atomic E-state index is 12.0. The zero-order valence-electron chi connectivity index (χ0n) is 14.9. The van der Waals surface area contributed by atoms with Crippen LogP contribution in [-0.2, 0) is 4.79 Å². The molecule has 0 radical (unpaired) electrons. The van der Waals surface area contributed by atoms with Crippen LogP contribution >= 0.6 is 0 Å². The van der Waals surface area contributed by atoms with Gasteiger partial charge < -0.3 is 10.2 Å². The highest BCUT2D eigenvalue weighted by Crippen LogP contribution is 2.66. The lowest BCUT2D eigenvalue weighted by atomic mass is 9.41. The summed E-state index contributed by atoms with van der Waals surface area (Å²) in [5.41, 5.74) is -1.79. The predicted octanol–water partition coefficient (Wildman–Crippen LogP) is 4.40. The largest absolute Gasteiger partial charge is 0.481 e. The molecule has 3 nitrogen and oxygen atoms in total. The zero-order valence-corrected chi connectivity index (χ0v) is 14.9. The summed E-state index contributed by atoms with van der Waals surface area (Å²) in [6.07, 6.45) is 9.46. The van der Waals surface area contributed by atoms with Gasteiger partial charge in [0.15, 0.2) is 0 Å².